The predicted octanol–water partition coefficient (Wildman–Crippen LogP) is 5.00. The van der Waals surface area contributed by atoms with Crippen molar-refractivity contribution in [2.24, 2.45) is 0 Å². The SMILES string of the molecule is CS[C@H]1OC(c2ccc(Cl)c(Cc3ccc(C4(C)CCCCC4)cc3)c2)[C@H](O)[C@@H](O)[C@@H]1O. The van der Waals surface area contributed by atoms with Gasteiger partial charge in [0.15, 0.2) is 0 Å². The third kappa shape index (κ3) is 4.89. The van der Waals surface area contributed by atoms with Crippen LogP contribution in [0.15, 0.2) is 42.5 Å². The van der Waals surface area contributed by atoms with E-state index in [1.54, 1.807) is 6.26 Å². The van der Waals surface area contributed by atoms with Crippen LogP contribution in [-0.4, -0.2) is 45.3 Å². The maximum absolute atomic E-state index is 10.5. The molecule has 2 fully saturated rings. The second-order valence-corrected chi connectivity index (χ2v) is 10.8. The van der Waals surface area contributed by atoms with Crippen molar-refractivity contribution < 1.29 is 20.1 Å². The first-order valence-electron chi connectivity index (χ1n) is 11.4. The molecule has 1 saturated carbocycles. The molecule has 0 amide bonds. The van der Waals surface area contributed by atoms with Gasteiger partial charge in [-0.15, -0.1) is 11.8 Å². The van der Waals surface area contributed by atoms with E-state index in [0.717, 1.165) is 11.1 Å². The van der Waals surface area contributed by atoms with E-state index in [9.17, 15) is 15.3 Å². The quantitative estimate of drug-likeness (QED) is 0.566. The van der Waals surface area contributed by atoms with Gasteiger partial charge in [-0.2, -0.15) is 0 Å². The van der Waals surface area contributed by atoms with Gasteiger partial charge in [0.2, 0.25) is 0 Å². The van der Waals surface area contributed by atoms with Crippen LogP contribution in [0.5, 0.6) is 0 Å². The van der Waals surface area contributed by atoms with Gasteiger partial charge in [-0.3, -0.25) is 0 Å². The zero-order valence-electron chi connectivity index (χ0n) is 18.7. The largest absolute Gasteiger partial charge is 0.387 e. The van der Waals surface area contributed by atoms with Crippen molar-refractivity contribution in [3.63, 3.8) is 0 Å². The van der Waals surface area contributed by atoms with Gasteiger partial charge in [-0.1, -0.05) is 74.2 Å². The summed E-state index contributed by atoms with van der Waals surface area (Å²) in [7, 11) is 0. The fourth-order valence-corrected chi connectivity index (χ4v) is 5.95. The van der Waals surface area contributed by atoms with Crippen LogP contribution < -0.4 is 0 Å². The summed E-state index contributed by atoms with van der Waals surface area (Å²) < 4.78 is 5.92. The second-order valence-electron chi connectivity index (χ2n) is 9.48. The molecule has 0 radical (unpaired) electrons. The molecule has 2 aliphatic rings. The molecule has 1 heterocycles. The number of aliphatic hydroxyl groups is 3. The first kappa shape index (κ1) is 24.1. The molecule has 6 heteroatoms. The molecule has 1 saturated heterocycles. The number of aliphatic hydroxyl groups excluding tert-OH is 3. The molecule has 0 bridgehead atoms. The standard InChI is InChI=1S/C26H33ClO4S/c1-26(12-4-3-5-13-26)19-9-6-16(7-10-19)14-18-15-17(8-11-20(18)27)24-22(29)21(28)23(30)25(31-24)32-2/h6-11,15,21-25,28-30H,3-5,12-14H2,1-2H3/t21-,22-,23+,24?,25-/m1/s1. The van der Waals surface area contributed by atoms with Crippen LogP contribution in [0, 0.1) is 0 Å². The van der Waals surface area contributed by atoms with Gasteiger partial charge in [0.05, 0.1) is 0 Å². The summed E-state index contributed by atoms with van der Waals surface area (Å²) in [5, 5.41) is 31.6. The van der Waals surface area contributed by atoms with E-state index in [-0.39, 0.29) is 5.41 Å². The van der Waals surface area contributed by atoms with Gasteiger partial charge in [0.1, 0.15) is 29.9 Å². The Hall–Kier alpha value is -1.08. The summed E-state index contributed by atoms with van der Waals surface area (Å²) in [6.45, 7) is 2.38. The minimum atomic E-state index is -1.26. The zero-order chi connectivity index (χ0) is 22.9. The van der Waals surface area contributed by atoms with E-state index in [0.29, 0.717) is 11.4 Å². The molecule has 0 aromatic heterocycles. The Morgan fingerprint density at radius 2 is 1.66 bits per heavy atom. The highest BCUT2D eigenvalue weighted by molar-refractivity contribution is 7.99. The van der Waals surface area contributed by atoms with Crippen LogP contribution in [0.3, 0.4) is 0 Å². The average molecular weight is 477 g/mol. The maximum atomic E-state index is 10.5. The summed E-state index contributed by atoms with van der Waals surface area (Å²) in [6.07, 6.45) is 4.60. The number of rotatable bonds is 5. The number of thioether (sulfide) groups is 1. The molecule has 2 aromatic rings. The Morgan fingerprint density at radius 1 is 0.969 bits per heavy atom. The van der Waals surface area contributed by atoms with Crippen molar-refractivity contribution in [1.29, 1.82) is 0 Å². The maximum Gasteiger partial charge on any atom is 0.132 e. The fraction of sp³-hybridized carbons (Fsp3) is 0.538. The molecular weight excluding hydrogens is 444 g/mol. The molecule has 1 unspecified atom stereocenters. The lowest BCUT2D eigenvalue weighted by Gasteiger charge is -2.40. The summed E-state index contributed by atoms with van der Waals surface area (Å²) in [6, 6.07) is 14.5. The van der Waals surface area contributed by atoms with E-state index in [1.807, 2.05) is 18.2 Å². The minimum absolute atomic E-state index is 0.280. The van der Waals surface area contributed by atoms with Gasteiger partial charge in [-0.05, 0) is 59.3 Å². The summed E-state index contributed by atoms with van der Waals surface area (Å²) in [5.74, 6) is 0. The van der Waals surface area contributed by atoms with E-state index in [4.69, 9.17) is 16.3 Å². The van der Waals surface area contributed by atoms with Gasteiger partial charge in [0, 0.05) is 5.02 Å². The molecule has 5 atom stereocenters. The number of halogens is 1. The summed E-state index contributed by atoms with van der Waals surface area (Å²) >= 11 is 7.82. The van der Waals surface area contributed by atoms with Crippen LogP contribution in [-0.2, 0) is 16.6 Å². The summed E-state index contributed by atoms with van der Waals surface area (Å²) in [5.41, 5.74) is 3.95. The number of benzene rings is 2. The van der Waals surface area contributed by atoms with Gasteiger partial charge in [-0.25, -0.2) is 0 Å². The molecule has 4 rings (SSSR count). The van der Waals surface area contributed by atoms with Crippen molar-refractivity contribution in [2.45, 2.75) is 80.7 Å². The van der Waals surface area contributed by atoms with Crippen LogP contribution in [0.4, 0.5) is 0 Å². The predicted molar refractivity (Wildman–Crippen MR) is 130 cm³/mol. The topological polar surface area (TPSA) is 69.9 Å². The highest BCUT2D eigenvalue weighted by atomic mass is 35.5. The third-order valence-electron chi connectivity index (χ3n) is 7.20. The Labute approximate surface area is 200 Å². The molecule has 2 aromatic carbocycles. The van der Waals surface area contributed by atoms with Crippen LogP contribution >= 0.6 is 23.4 Å². The Morgan fingerprint density at radius 3 is 2.31 bits per heavy atom. The van der Waals surface area contributed by atoms with Crippen molar-refractivity contribution in [3.8, 4) is 0 Å². The van der Waals surface area contributed by atoms with Crippen LogP contribution in [0.25, 0.3) is 0 Å². The number of hydrogen-bond acceptors (Lipinski definition) is 5. The number of ether oxygens (including phenoxy) is 1. The number of hydrogen-bond donors (Lipinski definition) is 3. The van der Waals surface area contributed by atoms with E-state index in [2.05, 4.69) is 31.2 Å². The van der Waals surface area contributed by atoms with Crippen molar-refractivity contribution in [2.75, 3.05) is 6.26 Å². The van der Waals surface area contributed by atoms with Crippen LogP contribution in [0.2, 0.25) is 5.02 Å². The first-order chi connectivity index (χ1) is 15.3. The normalized spacial score (nSPS) is 30.2. The lowest BCUT2D eigenvalue weighted by atomic mass is 9.71. The van der Waals surface area contributed by atoms with E-state index in [1.165, 1.54) is 55.0 Å². The van der Waals surface area contributed by atoms with Crippen molar-refractivity contribution in [3.05, 3.63) is 69.7 Å². The van der Waals surface area contributed by atoms with E-state index >= 15 is 0 Å². The molecule has 1 aliphatic heterocycles. The lowest BCUT2D eigenvalue weighted by molar-refractivity contribution is -0.200. The Bertz CT molecular complexity index is 911. The van der Waals surface area contributed by atoms with Gasteiger partial charge >= 0.3 is 0 Å². The van der Waals surface area contributed by atoms with Gasteiger partial charge in [0.25, 0.3) is 0 Å². The molecule has 3 N–H and O–H groups in total. The third-order valence-corrected chi connectivity index (χ3v) is 8.43. The van der Waals surface area contributed by atoms with Crippen LogP contribution in [0.1, 0.15) is 67.4 Å². The monoisotopic (exact) mass is 476 g/mol. The zero-order valence-corrected chi connectivity index (χ0v) is 20.3. The molecule has 174 valence electrons. The molecule has 4 nitrogen and oxygen atoms in total. The minimum Gasteiger partial charge on any atom is -0.387 e. The summed E-state index contributed by atoms with van der Waals surface area (Å²) in [4.78, 5) is 0. The first-order valence-corrected chi connectivity index (χ1v) is 13.1. The highest BCUT2D eigenvalue weighted by Crippen LogP contribution is 2.40. The van der Waals surface area contributed by atoms with Gasteiger partial charge < -0.3 is 20.1 Å². The molecule has 1 aliphatic carbocycles. The van der Waals surface area contributed by atoms with Crippen molar-refractivity contribution in [1.82, 2.24) is 0 Å². The molecule has 32 heavy (non-hydrogen) atoms. The smallest absolute Gasteiger partial charge is 0.132 e. The second kappa shape index (κ2) is 10.0. The lowest BCUT2D eigenvalue weighted by Crippen LogP contribution is -2.52. The van der Waals surface area contributed by atoms with Crippen molar-refractivity contribution >= 4 is 23.4 Å². The molecular formula is C26H33ClO4S. The fourth-order valence-electron chi connectivity index (χ4n) is 5.09. The highest BCUT2D eigenvalue weighted by Gasteiger charge is 2.44. The van der Waals surface area contributed by atoms with E-state index < -0.39 is 29.9 Å². The average Bonchev–Trinajstić information content (AvgIpc) is 2.80. The Kier molecular flexibility index (Phi) is 7.55. The molecule has 0 spiro atoms. The Balaban J connectivity index is 1.53.